The number of allylic oxidation sites excluding steroid dienone is 3. The van der Waals surface area contributed by atoms with E-state index in [0.29, 0.717) is 31.1 Å². The molecule has 2 amide bonds. The third-order valence-electron chi connectivity index (χ3n) is 6.73. The first kappa shape index (κ1) is 21.2. The van der Waals surface area contributed by atoms with Crippen molar-refractivity contribution in [2.75, 3.05) is 13.1 Å². The molecule has 164 valence electrons. The van der Waals surface area contributed by atoms with Crippen LogP contribution in [0.5, 0.6) is 0 Å². The molecule has 2 bridgehead atoms. The lowest BCUT2D eigenvalue weighted by molar-refractivity contribution is -0.125. The zero-order valence-corrected chi connectivity index (χ0v) is 18.6. The quantitative estimate of drug-likeness (QED) is 0.727. The number of fused-ring (bicyclic) bond motifs is 3. The minimum Gasteiger partial charge on any atom is -0.489 e. The molecule has 3 heterocycles. The van der Waals surface area contributed by atoms with Crippen LogP contribution in [-0.4, -0.2) is 53.5 Å². The summed E-state index contributed by atoms with van der Waals surface area (Å²) in [5.41, 5.74) is 0.567. The summed E-state index contributed by atoms with van der Waals surface area (Å²) >= 11 is 0. The van der Waals surface area contributed by atoms with Crippen molar-refractivity contribution in [3.63, 3.8) is 0 Å². The van der Waals surface area contributed by atoms with Crippen molar-refractivity contribution in [2.24, 2.45) is 11.8 Å². The number of piperidine rings is 1. The molecule has 1 aliphatic carbocycles. The maximum absolute atomic E-state index is 12.9. The molecule has 0 saturated carbocycles. The fraction of sp³-hybridized carbons (Fsp3) is 0.667. The zero-order chi connectivity index (χ0) is 21.5. The van der Waals surface area contributed by atoms with Crippen molar-refractivity contribution in [2.45, 2.75) is 77.1 Å². The Morgan fingerprint density at radius 2 is 1.80 bits per heavy atom. The second kappa shape index (κ2) is 8.22. The van der Waals surface area contributed by atoms with E-state index < -0.39 is 0 Å². The Labute approximate surface area is 179 Å². The van der Waals surface area contributed by atoms with Crippen LogP contribution in [0.2, 0.25) is 0 Å². The third-order valence-corrected chi connectivity index (χ3v) is 6.73. The Hall–Kier alpha value is -2.08. The Morgan fingerprint density at radius 3 is 2.47 bits per heavy atom. The van der Waals surface area contributed by atoms with Crippen LogP contribution in [0.25, 0.3) is 0 Å². The van der Waals surface area contributed by atoms with Gasteiger partial charge >= 0.3 is 0 Å². The molecular formula is C24H35N3O3. The molecule has 6 nitrogen and oxygen atoms in total. The number of hydrogen-bond donors (Lipinski definition) is 2. The van der Waals surface area contributed by atoms with Crippen LogP contribution in [0.1, 0.15) is 53.4 Å². The summed E-state index contributed by atoms with van der Waals surface area (Å²) in [5, 5.41) is 6.26. The van der Waals surface area contributed by atoms with Gasteiger partial charge in [0.15, 0.2) is 0 Å². The van der Waals surface area contributed by atoms with Crippen LogP contribution >= 0.6 is 0 Å². The van der Waals surface area contributed by atoms with E-state index in [-0.39, 0.29) is 29.4 Å². The summed E-state index contributed by atoms with van der Waals surface area (Å²) in [6.07, 6.45) is 12.4. The molecule has 6 heteroatoms. The molecule has 0 aromatic carbocycles. The van der Waals surface area contributed by atoms with Crippen LogP contribution < -0.4 is 10.6 Å². The predicted molar refractivity (Wildman–Crippen MR) is 116 cm³/mol. The molecule has 0 aromatic rings. The van der Waals surface area contributed by atoms with Crippen molar-refractivity contribution in [1.82, 2.24) is 15.5 Å². The number of hydrogen-bond acceptors (Lipinski definition) is 4. The molecule has 2 fully saturated rings. The van der Waals surface area contributed by atoms with E-state index in [1.165, 1.54) is 0 Å². The second-order valence-corrected chi connectivity index (χ2v) is 10.3. The lowest BCUT2D eigenvalue weighted by atomic mass is 9.89. The number of carbonyl (C=O) groups excluding carboxylic acids is 2. The summed E-state index contributed by atoms with van der Waals surface area (Å²) < 4.78 is 5.86. The van der Waals surface area contributed by atoms with Crippen LogP contribution in [0, 0.1) is 11.8 Å². The highest BCUT2D eigenvalue weighted by Crippen LogP contribution is 2.39. The summed E-state index contributed by atoms with van der Waals surface area (Å²) in [6, 6.07) is 0.894. The van der Waals surface area contributed by atoms with Crippen molar-refractivity contribution < 1.29 is 14.3 Å². The summed E-state index contributed by atoms with van der Waals surface area (Å²) in [5.74, 6) is 1.33. The van der Waals surface area contributed by atoms with Crippen LogP contribution in [-0.2, 0) is 14.3 Å². The van der Waals surface area contributed by atoms with Gasteiger partial charge in [-0.25, -0.2) is 0 Å². The van der Waals surface area contributed by atoms with E-state index in [2.05, 4.69) is 21.6 Å². The number of amides is 2. The molecule has 2 saturated heterocycles. The summed E-state index contributed by atoms with van der Waals surface area (Å²) in [4.78, 5) is 27.7. The predicted octanol–water partition coefficient (Wildman–Crippen LogP) is 2.68. The number of nitrogens with one attached hydrogen (secondary N) is 2. The van der Waals surface area contributed by atoms with Gasteiger partial charge in [-0.3, -0.25) is 14.5 Å². The molecular weight excluding hydrogens is 378 g/mol. The minimum absolute atomic E-state index is 0.000665. The molecule has 30 heavy (non-hydrogen) atoms. The van der Waals surface area contributed by atoms with E-state index in [1.807, 2.05) is 45.9 Å². The fourth-order valence-electron chi connectivity index (χ4n) is 5.54. The maximum atomic E-state index is 12.9. The molecule has 4 rings (SSSR count). The number of nitrogens with zero attached hydrogens (tertiary/aromatic N) is 1. The van der Waals surface area contributed by atoms with Gasteiger partial charge in [0.25, 0.3) is 5.91 Å². The topological polar surface area (TPSA) is 70.7 Å². The normalized spacial score (nSPS) is 32.7. The first-order valence-corrected chi connectivity index (χ1v) is 11.3. The van der Waals surface area contributed by atoms with Crippen molar-refractivity contribution in [3.8, 4) is 0 Å². The van der Waals surface area contributed by atoms with Crippen LogP contribution in [0.15, 0.2) is 35.6 Å². The van der Waals surface area contributed by atoms with Gasteiger partial charge in [-0.2, -0.15) is 0 Å². The van der Waals surface area contributed by atoms with Crippen LogP contribution in [0.4, 0.5) is 0 Å². The van der Waals surface area contributed by atoms with E-state index in [0.717, 1.165) is 37.0 Å². The van der Waals surface area contributed by atoms with E-state index in [4.69, 9.17) is 4.74 Å². The SMILES string of the molecule is CC1=C(C(=O)NCC2C[C@H]3CC[C@@H](C2)N3CC(=O)NC(C)(C)C)C2C=CC=CC2O1. The Balaban J connectivity index is 1.29. The van der Waals surface area contributed by atoms with Gasteiger partial charge in [0, 0.05) is 24.2 Å². The van der Waals surface area contributed by atoms with Gasteiger partial charge in [0.1, 0.15) is 11.9 Å². The minimum atomic E-state index is -0.197. The monoisotopic (exact) mass is 413 g/mol. The van der Waals surface area contributed by atoms with E-state index in [9.17, 15) is 9.59 Å². The first-order chi connectivity index (χ1) is 14.2. The molecule has 0 spiro atoms. The van der Waals surface area contributed by atoms with Crippen molar-refractivity contribution in [1.29, 1.82) is 0 Å². The second-order valence-electron chi connectivity index (χ2n) is 10.3. The van der Waals surface area contributed by atoms with Gasteiger partial charge in [0.2, 0.25) is 5.91 Å². The number of rotatable bonds is 5. The number of carbonyl (C=O) groups is 2. The largest absolute Gasteiger partial charge is 0.489 e. The first-order valence-electron chi connectivity index (χ1n) is 11.3. The van der Waals surface area contributed by atoms with Crippen LogP contribution in [0.3, 0.4) is 0 Å². The standard InChI is InChI=1S/C24H35N3O3/c1-15-22(19-7-5-6-8-20(19)30-15)23(29)25-13-16-11-17-9-10-18(12-16)27(17)14-21(28)26-24(2,3)4/h5-8,16-20H,9-14H2,1-4H3,(H,25,29)(H,26,28)/t16?,17-,18+,19?,20?. The summed E-state index contributed by atoms with van der Waals surface area (Å²) in [7, 11) is 0. The lowest BCUT2D eigenvalue weighted by Crippen LogP contribution is -2.52. The Bertz CT molecular complexity index is 778. The molecule has 0 aromatic heterocycles. The van der Waals surface area contributed by atoms with Crippen molar-refractivity contribution >= 4 is 11.8 Å². The molecule has 2 N–H and O–H groups in total. The van der Waals surface area contributed by atoms with Gasteiger partial charge in [-0.15, -0.1) is 0 Å². The third kappa shape index (κ3) is 4.48. The number of ether oxygens (including phenoxy) is 1. The van der Waals surface area contributed by atoms with Crippen molar-refractivity contribution in [3.05, 3.63) is 35.6 Å². The fourth-order valence-corrected chi connectivity index (χ4v) is 5.54. The van der Waals surface area contributed by atoms with Gasteiger partial charge in [-0.05, 0) is 65.4 Å². The summed E-state index contributed by atoms with van der Waals surface area (Å²) in [6.45, 7) is 9.11. The lowest BCUT2D eigenvalue weighted by Gasteiger charge is -2.39. The zero-order valence-electron chi connectivity index (χ0n) is 18.6. The van der Waals surface area contributed by atoms with E-state index >= 15 is 0 Å². The van der Waals surface area contributed by atoms with Gasteiger partial charge in [0.05, 0.1) is 18.0 Å². The highest BCUT2D eigenvalue weighted by molar-refractivity contribution is 5.95. The maximum Gasteiger partial charge on any atom is 0.251 e. The Morgan fingerprint density at radius 1 is 1.13 bits per heavy atom. The average Bonchev–Trinajstić information content (AvgIpc) is 3.09. The molecule has 3 aliphatic heterocycles. The average molecular weight is 414 g/mol. The molecule has 4 aliphatic rings. The molecule has 5 atom stereocenters. The Kier molecular flexibility index (Phi) is 5.80. The highest BCUT2D eigenvalue weighted by atomic mass is 16.5. The molecule has 3 unspecified atom stereocenters. The smallest absolute Gasteiger partial charge is 0.251 e. The highest BCUT2D eigenvalue weighted by Gasteiger charge is 2.42. The van der Waals surface area contributed by atoms with Gasteiger partial charge < -0.3 is 15.4 Å². The van der Waals surface area contributed by atoms with E-state index in [1.54, 1.807) is 0 Å². The molecule has 0 radical (unpaired) electrons. The van der Waals surface area contributed by atoms with Gasteiger partial charge in [-0.1, -0.05) is 18.2 Å².